The lowest BCUT2D eigenvalue weighted by molar-refractivity contribution is -0.162. The van der Waals surface area contributed by atoms with E-state index >= 15 is 0 Å². The quantitative estimate of drug-likeness (QED) is 0.338. The molecule has 4 atom stereocenters. The van der Waals surface area contributed by atoms with Crippen molar-refractivity contribution in [3.63, 3.8) is 0 Å². The zero-order valence-corrected chi connectivity index (χ0v) is 24.8. The second kappa shape index (κ2) is 11.8. The van der Waals surface area contributed by atoms with E-state index in [2.05, 4.69) is 0 Å². The molecule has 0 spiro atoms. The van der Waals surface area contributed by atoms with Crippen LogP contribution in [0.15, 0.2) is 48.5 Å². The molecule has 2 aliphatic rings. The SMILES string of the molecule is CC[C@@H](CN(C)S(=O)(=O)C1CC1)N1C(=O)[C@](CC)(CC(=O)O)C[C@H](c2cccc(Cl)c2)[C@H]1c1ccc(Cl)cc1. The number of amides is 1. The van der Waals surface area contributed by atoms with E-state index < -0.39 is 33.5 Å². The number of rotatable bonds is 11. The molecule has 1 aliphatic heterocycles. The fourth-order valence-electron chi connectivity index (χ4n) is 5.99. The third-order valence-corrected chi connectivity index (χ3v) is 11.2. The maximum atomic E-state index is 14.5. The van der Waals surface area contributed by atoms with Gasteiger partial charge in [-0.15, -0.1) is 0 Å². The third kappa shape index (κ3) is 6.14. The molecule has 1 N–H and O–H groups in total. The number of sulfonamides is 1. The van der Waals surface area contributed by atoms with Crippen molar-refractivity contribution in [3.05, 3.63) is 69.7 Å². The van der Waals surface area contributed by atoms with E-state index in [1.165, 1.54) is 4.31 Å². The maximum absolute atomic E-state index is 14.5. The summed E-state index contributed by atoms with van der Waals surface area (Å²) < 4.78 is 27.5. The molecule has 7 nitrogen and oxygen atoms in total. The summed E-state index contributed by atoms with van der Waals surface area (Å²) in [5.74, 6) is -1.57. The predicted octanol–water partition coefficient (Wildman–Crippen LogP) is 6.12. The van der Waals surface area contributed by atoms with Crippen LogP contribution in [0.25, 0.3) is 0 Å². The third-order valence-electron chi connectivity index (χ3n) is 8.35. The number of carbonyl (C=O) groups excluding carboxylic acids is 1. The minimum atomic E-state index is -3.47. The van der Waals surface area contributed by atoms with Gasteiger partial charge in [0.05, 0.1) is 23.1 Å². The number of hydrogen-bond donors (Lipinski definition) is 1. The molecule has 0 aromatic heterocycles. The summed E-state index contributed by atoms with van der Waals surface area (Å²) in [5.41, 5.74) is 0.601. The van der Waals surface area contributed by atoms with Gasteiger partial charge in [0.15, 0.2) is 0 Å². The molecule has 10 heteroatoms. The summed E-state index contributed by atoms with van der Waals surface area (Å²) in [4.78, 5) is 28.4. The van der Waals surface area contributed by atoms with E-state index in [4.69, 9.17) is 23.2 Å². The van der Waals surface area contributed by atoms with E-state index in [1.807, 2.05) is 44.2 Å². The Morgan fingerprint density at radius 1 is 1.10 bits per heavy atom. The van der Waals surface area contributed by atoms with E-state index in [0.29, 0.717) is 42.1 Å². The molecule has 1 amide bonds. The molecule has 0 bridgehead atoms. The summed E-state index contributed by atoms with van der Waals surface area (Å²) >= 11 is 12.6. The molecule has 4 rings (SSSR count). The van der Waals surface area contributed by atoms with Crippen molar-refractivity contribution in [2.24, 2.45) is 5.41 Å². The lowest BCUT2D eigenvalue weighted by atomic mass is 9.65. The zero-order valence-electron chi connectivity index (χ0n) is 22.5. The van der Waals surface area contributed by atoms with Gasteiger partial charge in [-0.25, -0.2) is 12.7 Å². The lowest BCUT2D eigenvalue weighted by Gasteiger charge is -2.53. The van der Waals surface area contributed by atoms with Crippen molar-refractivity contribution >= 4 is 45.1 Å². The second-order valence-corrected chi connectivity index (χ2v) is 14.1. The summed E-state index contributed by atoms with van der Waals surface area (Å²) in [5, 5.41) is 10.6. The number of likely N-dealkylation sites (tertiary alicyclic amines) is 1. The molecule has 1 saturated carbocycles. The number of benzene rings is 2. The highest BCUT2D eigenvalue weighted by atomic mass is 35.5. The Balaban J connectivity index is 1.89. The Bertz CT molecular complexity index is 1320. The first kappa shape index (κ1) is 29.8. The predicted molar refractivity (Wildman–Crippen MR) is 153 cm³/mol. The summed E-state index contributed by atoms with van der Waals surface area (Å²) in [7, 11) is -1.90. The molecule has 2 fully saturated rings. The number of likely N-dealkylation sites (N-methyl/N-ethyl adjacent to an activating group) is 1. The number of carboxylic acids is 1. The number of nitrogens with zero attached hydrogens (tertiary/aromatic N) is 2. The van der Waals surface area contributed by atoms with E-state index in [0.717, 1.165) is 11.1 Å². The molecule has 39 heavy (non-hydrogen) atoms. The molecule has 2 aromatic rings. The minimum absolute atomic E-state index is 0.125. The summed E-state index contributed by atoms with van der Waals surface area (Å²) in [6, 6.07) is 13.9. The van der Waals surface area contributed by atoms with Crippen LogP contribution in [0.2, 0.25) is 10.0 Å². The van der Waals surface area contributed by atoms with Crippen molar-refractivity contribution in [2.45, 2.75) is 75.6 Å². The number of carbonyl (C=O) groups is 2. The molecular weight excluding hydrogens is 559 g/mol. The van der Waals surface area contributed by atoms with Gasteiger partial charge in [-0.2, -0.15) is 0 Å². The molecule has 212 valence electrons. The van der Waals surface area contributed by atoms with Gasteiger partial charge in [0.1, 0.15) is 0 Å². The fraction of sp³-hybridized carbons (Fsp3) is 0.517. The smallest absolute Gasteiger partial charge is 0.304 e. The first-order chi connectivity index (χ1) is 18.4. The number of aliphatic carboxylic acids is 1. The van der Waals surface area contributed by atoms with Crippen molar-refractivity contribution in [1.82, 2.24) is 9.21 Å². The van der Waals surface area contributed by atoms with Crippen LogP contribution >= 0.6 is 23.2 Å². The van der Waals surface area contributed by atoms with Crippen LogP contribution in [0.3, 0.4) is 0 Å². The lowest BCUT2D eigenvalue weighted by Crippen LogP contribution is -2.59. The van der Waals surface area contributed by atoms with Crippen LogP contribution in [0.4, 0.5) is 0 Å². The van der Waals surface area contributed by atoms with Crippen molar-refractivity contribution in [2.75, 3.05) is 13.6 Å². The molecule has 0 radical (unpaired) electrons. The summed E-state index contributed by atoms with van der Waals surface area (Å²) in [6.45, 7) is 3.91. The largest absolute Gasteiger partial charge is 0.481 e. The highest BCUT2D eigenvalue weighted by molar-refractivity contribution is 7.90. The minimum Gasteiger partial charge on any atom is -0.481 e. The molecule has 1 aliphatic carbocycles. The van der Waals surface area contributed by atoms with Gasteiger partial charge in [-0.3, -0.25) is 9.59 Å². The van der Waals surface area contributed by atoms with Gasteiger partial charge >= 0.3 is 5.97 Å². The topological polar surface area (TPSA) is 95.0 Å². The van der Waals surface area contributed by atoms with Crippen LogP contribution in [-0.2, 0) is 19.6 Å². The van der Waals surface area contributed by atoms with E-state index in [1.54, 1.807) is 30.1 Å². The van der Waals surface area contributed by atoms with Crippen LogP contribution in [0, 0.1) is 5.41 Å². The standard InChI is InChI=1S/C29H36Cl2N2O5S/c1-4-23(18-32(3)39(37,38)24-13-14-24)33-27(19-9-11-21(30)12-10-19)25(20-7-6-8-22(31)15-20)16-29(5-2,28(33)36)17-26(34)35/h6-12,15,23-25,27H,4-5,13-14,16-18H2,1-3H3,(H,34,35)/t23-,25+,27+,29-/m0/s1. The molecule has 0 unspecified atom stereocenters. The van der Waals surface area contributed by atoms with Crippen LogP contribution in [-0.4, -0.2) is 59.5 Å². The maximum Gasteiger partial charge on any atom is 0.304 e. The number of carboxylic acid groups (broad SMARTS) is 1. The van der Waals surface area contributed by atoms with Crippen LogP contribution in [0.5, 0.6) is 0 Å². The molecule has 2 aromatic carbocycles. The van der Waals surface area contributed by atoms with E-state index in [9.17, 15) is 23.1 Å². The number of halogens is 2. The van der Waals surface area contributed by atoms with Crippen LogP contribution < -0.4 is 0 Å². The number of hydrogen-bond acceptors (Lipinski definition) is 4. The van der Waals surface area contributed by atoms with Crippen LogP contribution in [0.1, 0.15) is 75.5 Å². The first-order valence-corrected chi connectivity index (χ1v) is 15.7. The highest BCUT2D eigenvalue weighted by Crippen LogP contribution is 2.53. The van der Waals surface area contributed by atoms with Gasteiger partial charge in [-0.05, 0) is 67.5 Å². The number of piperidine rings is 1. The second-order valence-electron chi connectivity index (χ2n) is 10.9. The average Bonchev–Trinajstić information content (AvgIpc) is 3.75. The molecule has 1 heterocycles. The van der Waals surface area contributed by atoms with Crippen molar-refractivity contribution in [1.29, 1.82) is 0 Å². The van der Waals surface area contributed by atoms with Gasteiger partial charge in [-0.1, -0.05) is 61.3 Å². The Labute approximate surface area is 241 Å². The van der Waals surface area contributed by atoms with Crippen molar-refractivity contribution < 1.29 is 23.1 Å². The van der Waals surface area contributed by atoms with Gasteiger partial charge in [0, 0.05) is 35.6 Å². The van der Waals surface area contributed by atoms with E-state index in [-0.39, 0.29) is 30.0 Å². The first-order valence-electron chi connectivity index (χ1n) is 13.4. The highest BCUT2D eigenvalue weighted by Gasteiger charge is 2.54. The van der Waals surface area contributed by atoms with Gasteiger partial charge in [0.25, 0.3) is 0 Å². The Kier molecular flexibility index (Phi) is 9.01. The summed E-state index contributed by atoms with van der Waals surface area (Å²) in [6.07, 6.45) is 2.14. The Morgan fingerprint density at radius 3 is 2.31 bits per heavy atom. The Morgan fingerprint density at radius 2 is 1.77 bits per heavy atom. The zero-order chi connectivity index (χ0) is 28.5. The molecular formula is C29H36Cl2N2O5S. The molecule has 1 saturated heterocycles. The van der Waals surface area contributed by atoms with Gasteiger partial charge < -0.3 is 10.0 Å². The van der Waals surface area contributed by atoms with Gasteiger partial charge in [0.2, 0.25) is 15.9 Å². The Hall–Kier alpha value is -2.13. The monoisotopic (exact) mass is 594 g/mol. The fourth-order valence-corrected chi connectivity index (χ4v) is 7.94. The van der Waals surface area contributed by atoms with Crippen molar-refractivity contribution in [3.8, 4) is 0 Å². The normalized spacial score (nSPS) is 24.7. The average molecular weight is 596 g/mol.